The van der Waals surface area contributed by atoms with Crippen molar-refractivity contribution in [2.24, 2.45) is 16.6 Å². The van der Waals surface area contributed by atoms with Crippen LogP contribution in [0.1, 0.15) is 48.7 Å². The van der Waals surface area contributed by atoms with Gasteiger partial charge in [0.2, 0.25) is 5.91 Å². The Bertz CT molecular complexity index is 873. The molecule has 1 aromatic carbocycles. The van der Waals surface area contributed by atoms with Gasteiger partial charge in [-0.3, -0.25) is 9.48 Å². The molecular formula is C23H34N6O. The molecule has 0 spiro atoms. The molecule has 0 bridgehead atoms. The monoisotopic (exact) mass is 410 g/mol. The molecule has 3 N–H and O–H groups in total. The molecule has 7 heteroatoms. The average molecular weight is 411 g/mol. The Morgan fingerprint density at radius 2 is 2.07 bits per heavy atom. The van der Waals surface area contributed by atoms with Crippen LogP contribution in [0.3, 0.4) is 0 Å². The number of carbonyl (C=O) groups is 1. The van der Waals surface area contributed by atoms with Crippen LogP contribution in [0.25, 0.3) is 0 Å². The third-order valence-corrected chi connectivity index (χ3v) is 5.74. The van der Waals surface area contributed by atoms with Gasteiger partial charge in [-0.15, -0.1) is 0 Å². The number of hydrogen-bond acceptors (Lipinski definition) is 3. The van der Waals surface area contributed by atoms with Crippen LogP contribution in [0.4, 0.5) is 0 Å². The Kier molecular flexibility index (Phi) is 7.49. The highest BCUT2D eigenvalue weighted by Gasteiger charge is 2.23. The van der Waals surface area contributed by atoms with Crippen molar-refractivity contribution in [1.82, 2.24) is 20.0 Å². The first kappa shape index (κ1) is 21.9. The fourth-order valence-corrected chi connectivity index (χ4v) is 4.16. The van der Waals surface area contributed by atoms with Crippen molar-refractivity contribution in [2.45, 2.75) is 53.1 Å². The molecule has 2 aromatic rings. The highest BCUT2D eigenvalue weighted by atomic mass is 16.1. The maximum absolute atomic E-state index is 11.3. The summed E-state index contributed by atoms with van der Waals surface area (Å²) in [4.78, 5) is 18.5. The lowest BCUT2D eigenvalue weighted by Crippen LogP contribution is -2.47. The summed E-state index contributed by atoms with van der Waals surface area (Å²) in [7, 11) is 0. The van der Waals surface area contributed by atoms with E-state index in [0.717, 1.165) is 56.4 Å². The number of aliphatic imine (C=N–C) groups is 1. The molecule has 1 fully saturated rings. The van der Waals surface area contributed by atoms with E-state index in [2.05, 4.69) is 59.9 Å². The van der Waals surface area contributed by atoms with E-state index in [-0.39, 0.29) is 5.91 Å². The van der Waals surface area contributed by atoms with E-state index in [1.807, 2.05) is 6.07 Å². The first-order valence-electron chi connectivity index (χ1n) is 10.9. The fraction of sp³-hybridized carbons (Fsp3) is 0.522. The molecule has 2 heterocycles. The lowest BCUT2D eigenvalue weighted by Gasteiger charge is -2.34. The summed E-state index contributed by atoms with van der Waals surface area (Å²) in [6.45, 7) is 10.2. The molecule has 1 unspecified atom stereocenters. The van der Waals surface area contributed by atoms with Crippen molar-refractivity contribution in [1.29, 1.82) is 0 Å². The van der Waals surface area contributed by atoms with E-state index in [1.54, 1.807) is 0 Å². The zero-order chi connectivity index (χ0) is 21.5. The van der Waals surface area contributed by atoms with Crippen molar-refractivity contribution in [3.8, 4) is 0 Å². The fourth-order valence-electron chi connectivity index (χ4n) is 4.16. The first-order valence-corrected chi connectivity index (χ1v) is 10.9. The number of rotatable bonds is 7. The maximum atomic E-state index is 11.3. The summed E-state index contributed by atoms with van der Waals surface area (Å²) in [5, 5.41) is 8.16. The SMILES string of the molecule is CCNC(=NCc1c(C)nn(Cc2ccccc2)c1C)N1CCCC(CC(N)=O)C1. The summed E-state index contributed by atoms with van der Waals surface area (Å²) in [6.07, 6.45) is 2.54. The van der Waals surface area contributed by atoms with Crippen molar-refractivity contribution in [3.05, 3.63) is 52.8 Å². The molecule has 1 amide bonds. The number of primary amides is 1. The minimum Gasteiger partial charge on any atom is -0.370 e. The number of likely N-dealkylation sites (tertiary alicyclic amines) is 1. The zero-order valence-electron chi connectivity index (χ0n) is 18.4. The lowest BCUT2D eigenvalue weighted by molar-refractivity contribution is -0.119. The molecule has 1 aliphatic rings. The van der Waals surface area contributed by atoms with Crippen molar-refractivity contribution < 1.29 is 4.79 Å². The van der Waals surface area contributed by atoms with Gasteiger partial charge in [0.1, 0.15) is 0 Å². The summed E-state index contributed by atoms with van der Waals surface area (Å²) in [5.74, 6) is 0.986. The largest absolute Gasteiger partial charge is 0.370 e. The second-order valence-corrected chi connectivity index (χ2v) is 8.09. The predicted octanol–water partition coefficient (Wildman–Crippen LogP) is 2.60. The van der Waals surface area contributed by atoms with Crippen LogP contribution in [-0.4, -0.2) is 46.2 Å². The Balaban J connectivity index is 1.74. The standard InChI is InChI=1S/C23H34N6O/c1-4-25-23(28-12-8-11-20(15-28)13-22(24)30)26-14-21-17(2)27-29(18(21)3)16-19-9-6-5-7-10-19/h5-7,9-10,20H,4,8,11-16H2,1-3H3,(H2,24,30)(H,25,26). The van der Waals surface area contributed by atoms with Crippen LogP contribution in [-0.2, 0) is 17.9 Å². The van der Waals surface area contributed by atoms with Crippen LogP contribution in [0.15, 0.2) is 35.3 Å². The van der Waals surface area contributed by atoms with Crippen LogP contribution in [0, 0.1) is 19.8 Å². The number of nitrogens with two attached hydrogens (primary N) is 1. The normalized spacial score (nSPS) is 17.2. The third kappa shape index (κ3) is 5.62. The van der Waals surface area contributed by atoms with E-state index in [4.69, 9.17) is 15.8 Å². The summed E-state index contributed by atoms with van der Waals surface area (Å²) in [5.41, 5.74) is 10.0. The number of nitrogens with one attached hydrogen (secondary N) is 1. The Morgan fingerprint density at radius 1 is 1.30 bits per heavy atom. The highest BCUT2D eigenvalue weighted by molar-refractivity contribution is 5.80. The van der Waals surface area contributed by atoms with Gasteiger partial charge in [0.15, 0.2) is 5.96 Å². The number of hydrogen-bond donors (Lipinski definition) is 2. The van der Waals surface area contributed by atoms with Gasteiger partial charge in [0, 0.05) is 37.3 Å². The molecule has 1 atom stereocenters. The third-order valence-electron chi connectivity index (χ3n) is 5.74. The summed E-state index contributed by atoms with van der Waals surface area (Å²) in [6, 6.07) is 10.4. The molecule has 162 valence electrons. The Hall–Kier alpha value is -2.83. The number of aromatic nitrogens is 2. The van der Waals surface area contributed by atoms with Gasteiger partial charge in [-0.25, -0.2) is 4.99 Å². The highest BCUT2D eigenvalue weighted by Crippen LogP contribution is 2.20. The number of amides is 1. The maximum Gasteiger partial charge on any atom is 0.217 e. The number of piperidine rings is 1. The van der Waals surface area contributed by atoms with Gasteiger partial charge < -0.3 is 16.0 Å². The van der Waals surface area contributed by atoms with Crippen LogP contribution in [0.5, 0.6) is 0 Å². The average Bonchev–Trinajstić information content (AvgIpc) is 2.98. The number of benzene rings is 1. The molecular weight excluding hydrogens is 376 g/mol. The molecule has 30 heavy (non-hydrogen) atoms. The van der Waals surface area contributed by atoms with Gasteiger partial charge in [-0.2, -0.15) is 5.10 Å². The van der Waals surface area contributed by atoms with E-state index < -0.39 is 0 Å². The van der Waals surface area contributed by atoms with Gasteiger partial charge in [0.25, 0.3) is 0 Å². The molecule has 0 aliphatic carbocycles. The second-order valence-electron chi connectivity index (χ2n) is 8.09. The molecule has 0 saturated carbocycles. The van der Waals surface area contributed by atoms with Gasteiger partial charge in [-0.05, 0) is 45.1 Å². The second kappa shape index (κ2) is 10.3. The van der Waals surface area contributed by atoms with Crippen molar-refractivity contribution >= 4 is 11.9 Å². The minimum atomic E-state index is -0.221. The lowest BCUT2D eigenvalue weighted by atomic mass is 9.95. The molecule has 1 saturated heterocycles. The Morgan fingerprint density at radius 3 is 2.77 bits per heavy atom. The number of nitrogens with zero attached hydrogens (tertiary/aromatic N) is 4. The van der Waals surface area contributed by atoms with Crippen LogP contribution >= 0.6 is 0 Å². The summed E-state index contributed by atoms with van der Waals surface area (Å²) < 4.78 is 2.06. The van der Waals surface area contributed by atoms with E-state index in [0.29, 0.717) is 18.9 Å². The van der Waals surface area contributed by atoms with Gasteiger partial charge in [0.05, 0.1) is 18.8 Å². The van der Waals surface area contributed by atoms with Crippen molar-refractivity contribution in [2.75, 3.05) is 19.6 Å². The Labute approximate surface area is 179 Å². The number of aryl methyl sites for hydroxylation is 1. The minimum absolute atomic E-state index is 0.221. The van der Waals surface area contributed by atoms with E-state index >= 15 is 0 Å². The van der Waals surface area contributed by atoms with E-state index in [1.165, 1.54) is 11.1 Å². The topological polar surface area (TPSA) is 88.5 Å². The molecule has 0 radical (unpaired) electrons. The van der Waals surface area contributed by atoms with Crippen molar-refractivity contribution in [3.63, 3.8) is 0 Å². The van der Waals surface area contributed by atoms with Crippen LogP contribution in [0.2, 0.25) is 0 Å². The molecule has 1 aromatic heterocycles. The molecule has 1 aliphatic heterocycles. The van der Waals surface area contributed by atoms with Gasteiger partial charge in [-0.1, -0.05) is 30.3 Å². The van der Waals surface area contributed by atoms with E-state index in [9.17, 15) is 4.79 Å². The zero-order valence-corrected chi connectivity index (χ0v) is 18.4. The number of guanidine groups is 1. The molecule has 7 nitrogen and oxygen atoms in total. The smallest absolute Gasteiger partial charge is 0.217 e. The van der Waals surface area contributed by atoms with Gasteiger partial charge >= 0.3 is 0 Å². The summed E-state index contributed by atoms with van der Waals surface area (Å²) >= 11 is 0. The van der Waals surface area contributed by atoms with Crippen LogP contribution < -0.4 is 11.1 Å². The number of carbonyl (C=O) groups excluding carboxylic acids is 1. The molecule has 3 rings (SSSR count). The predicted molar refractivity (Wildman–Crippen MR) is 120 cm³/mol. The quantitative estimate of drug-likeness (QED) is 0.542. The first-order chi connectivity index (χ1) is 14.5.